The molecule has 2 aromatic rings. The maximum absolute atomic E-state index is 12.7. The van der Waals surface area contributed by atoms with E-state index in [0.29, 0.717) is 5.69 Å². The fraction of sp³-hybridized carbons (Fsp3) is 0.562. The first-order chi connectivity index (χ1) is 11.4. The van der Waals surface area contributed by atoms with Crippen molar-refractivity contribution in [2.45, 2.75) is 20.4 Å². The van der Waals surface area contributed by atoms with Crippen molar-refractivity contribution in [2.24, 2.45) is 14.1 Å². The standard InChI is InChI=1S/C16H23BrN6O/c1-11-13(9-20(3)18-11)10-22-5-7-23(8-6-22)16(24)15-14(17)12(2)21(4)19-15/h9H,5-8,10H2,1-4H3. The molecule has 1 aliphatic heterocycles. The summed E-state index contributed by atoms with van der Waals surface area (Å²) in [5.74, 6) is 0.00258. The average Bonchev–Trinajstić information content (AvgIpc) is 3.00. The van der Waals surface area contributed by atoms with Gasteiger partial charge >= 0.3 is 0 Å². The molecule has 1 saturated heterocycles. The third kappa shape index (κ3) is 3.25. The minimum atomic E-state index is 0.00258. The molecule has 8 heteroatoms. The number of hydrogen-bond donors (Lipinski definition) is 0. The summed E-state index contributed by atoms with van der Waals surface area (Å²) in [7, 11) is 3.80. The van der Waals surface area contributed by atoms with Crippen molar-refractivity contribution in [2.75, 3.05) is 26.2 Å². The molecule has 3 heterocycles. The van der Waals surface area contributed by atoms with Crippen LogP contribution >= 0.6 is 15.9 Å². The minimum Gasteiger partial charge on any atom is -0.335 e. The number of rotatable bonds is 3. The van der Waals surface area contributed by atoms with Gasteiger partial charge < -0.3 is 4.90 Å². The topological polar surface area (TPSA) is 59.2 Å². The van der Waals surface area contributed by atoms with E-state index in [1.165, 1.54) is 5.56 Å². The molecule has 0 unspecified atom stereocenters. The quantitative estimate of drug-likeness (QED) is 0.790. The third-order valence-electron chi connectivity index (χ3n) is 4.63. The second kappa shape index (κ2) is 6.68. The number of aryl methyl sites for hydroxylation is 3. The van der Waals surface area contributed by atoms with Gasteiger partial charge in [-0.25, -0.2) is 0 Å². The molecule has 0 radical (unpaired) electrons. The zero-order valence-corrected chi connectivity index (χ0v) is 16.2. The van der Waals surface area contributed by atoms with E-state index in [1.54, 1.807) is 4.68 Å². The lowest BCUT2D eigenvalue weighted by Gasteiger charge is -2.34. The number of nitrogens with zero attached hydrogens (tertiary/aromatic N) is 6. The summed E-state index contributed by atoms with van der Waals surface area (Å²) in [5.41, 5.74) is 3.79. The molecule has 0 bridgehead atoms. The minimum absolute atomic E-state index is 0.00258. The second-order valence-corrected chi connectivity index (χ2v) is 7.15. The Hall–Kier alpha value is -1.67. The van der Waals surface area contributed by atoms with Gasteiger partial charge in [-0.15, -0.1) is 0 Å². The van der Waals surface area contributed by atoms with Crippen molar-refractivity contribution < 1.29 is 4.79 Å². The van der Waals surface area contributed by atoms with Gasteiger partial charge in [0, 0.05) is 58.6 Å². The van der Waals surface area contributed by atoms with Crippen molar-refractivity contribution in [3.05, 3.63) is 33.3 Å². The largest absolute Gasteiger partial charge is 0.335 e. The average molecular weight is 395 g/mol. The Balaban J connectivity index is 1.61. The molecule has 2 aromatic heterocycles. The number of carbonyl (C=O) groups is 1. The van der Waals surface area contributed by atoms with Crippen LogP contribution in [0, 0.1) is 13.8 Å². The summed E-state index contributed by atoms with van der Waals surface area (Å²) in [6.45, 7) is 8.04. The zero-order valence-electron chi connectivity index (χ0n) is 14.6. The van der Waals surface area contributed by atoms with Gasteiger partial charge in [-0.1, -0.05) is 0 Å². The summed E-state index contributed by atoms with van der Waals surface area (Å²) in [4.78, 5) is 17.0. The van der Waals surface area contributed by atoms with Gasteiger partial charge in [0.05, 0.1) is 15.9 Å². The fourth-order valence-corrected chi connectivity index (χ4v) is 3.53. The van der Waals surface area contributed by atoms with Gasteiger partial charge in [-0.3, -0.25) is 19.1 Å². The van der Waals surface area contributed by atoms with Gasteiger partial charge in [-0.2, -0.15) is 10.2 Å². The van der Waals surface area contributed by atoms with E-state index in [1.807, 2.05) is 37.5 Å². The number of amides is 1. The molecule has 0 aromatic carbocycles. The highest BCUT2D eigenvalue weighted by Gasteiger charge is 2.27. The number of aromatic nitrogens is 4. The smallest absolute Gasteiger partial charge is 0.275 e. The molecule has 130 valence electrons. The van der Waals surface area contributed by atoms with E-state index < -0.39 is 0 Å². The highest BCUT2D eigenvalue weighted by Crippen LogP contribution is 2.22. The van der Waals surface area contributed by atoms with Crippen LogP contribution in [0.5, 0.6) is 0 Å². The van der Waals surface area contributed by atoms with Crippen molar-refractivity contribution in [3.8, 4) is 0 Å². The molecule has 1 fully saturated rings. The van der Waals surface area contributed by atoms with Crippen LogP contribution in [0.15, 0.2) is 10.7 Å². The van der Waals surface area contributed by atoms with Gasteiger partial charge in [-0.05, 0) is 29.8 Å². The van der Waals surface area contributed by atoms with Crippen LogP contribution in [-0.2, 0) is 20.6 Å². The second-order valence-electron chi connectivity index (χ2n) is 6.35. The van der Waals surface area contributed by atoms with E-state index in [9.17, 15) is 4.79 Å². The lowest BCUT2D eigenvalue weighted by Crippen LogP contribution is -2.48. The molecule has 0 spiro atoms. The lowest BCUT2D eigenvalue weighted by atomic mass is 10.2. The summed E-state index contributed by atoms with van der Waals surface area (Å²) in [6.07, 6.45) is 2.07. The highest BCUT2D eigenvalue weighted by molar-refractivity contribution is 9.10. The molecule has 1 aliphatic rings. The summed E-state index contributed by atoms with van der Waals surface area (Å²) < 4.78 is 4.38. The van der Waals surface area contributed by atoms with E-state index in [0.717, 1.165) is 48.6 Å². The SMILES string of the molecule is Cc1nn(C)cc1CN1CCN(C(=O)c2nn(C)c(C)c2Br)CC1. The molecule has 1 amide bonds. The molecule has 7 nitrogen and oxygen atoms in total. The van der Waals surface area contributed by atoms with Gasteiger partial charge in [0.2, 0.25) is 0 Å². The molecule has 0 N–H and O–H groups in total. The first-order valence-electron chi connectivity index (χ1n) is 8.06. The van der Waals surface area contributed by atoms with E-state index >= 15 is 0 Å². The van der Waals surface area contributed by atoms with Crippen LogP contribution in [0.3, 0.4) is 0 Å². The zero-order chi connectivity index (χ0) is 17.4. The first-order valence-corrected chi connectivity index (χ1v) is 8.86. The van der Waals surface area contributed by atoms with Crippen molar-refractivity contribution >= 4 is 21.8 Å². The van der Waals surface area contributed by atoms with Crippen molar-refractivity contribution in [1.82, 2.24) is 29.4 Å². The maximum atomic E-state index is 12.7. The number of halogens is 1. The van der Waals surface area contributed by atoms with Crippen molar-refractivity contribution in [3.63, 3.8) is 0 Å². The normalized spacial score (nSPS) is 16.0. The Morgan fingerprint density at radius 2 is 1.83 bits per heavy atom. The van der Waals surface area contributed by atoms with Crippen LogP contribution in [0.4, 0.5) is 0 Å². The highest BCUT2D eigenvalue weighted by atomic mass is 79.9. The van der Waals surface area contributed by atoms with Gasteiger partial charge in [0.1, 0.15) is 0 Å². The molecular weight excluding hydrogens is 372 g/mol. The Kier molecular flexibility index (Phi) is 4.78. The molecule has 24 heavy (non-hydrogen) atoms. The van der Waals surface area contributed by atoms with Gasteiger partial charge in [0.25, 0.3) is 5.91 Å². The predicted octanol–water partition coefficient (Wildman–Crippen LogP) is 1.49. The molecule has 0 atom stereocenters. The molecule has 0 saturated carbocycles. The Morgan fingerprint density at radius 1 is 1.17 bits per heavy atom. The Labute approximate surface area is 150 Å². The molecular formula is C16H23BrN6O. The monoisotopic (exact) mass is 394 g/mol. The Bertz CT molecular complexity index is 757. The number of piperazine rings is 1. The predicted molar refractivity (Wildman–Crippen MR) is 94.8 cm³/mol. The number of hydrogen-bond acceptors (Lipinski definition) is 4. The summed E-state index contributed by atoms with van der Waals surface area (Å²) in [6, 6.07) is 0. The first kappa shape index (κ1) is 17.2. The van der Waals surface area contributed by atoms with Gasteiger partial charge in [0.15, 0.2) is 5.69 Å². The van der Waals surface area contributed by atoms with Crippen LogP contribution in [0.2, 0.25) is 0 Å². The van der Waals surface area contributed by atoms with E-state index in [-0.39, 0.29) is 5.91 Å². The third-order valence-corrected chi connectivity index (χ3v) is 5.58. The number of carbonyl (C=O) groups excluding carboxylic acids is 1. The van der Waals surface area contributed by atoms with Crippen LogP contribution in [0.25, 0.3) is 0 Å². The lowest BCUT2D eigenvalue weighted by molar-refractivity contribution is 0.0621. The van der Waals surface area contributed by atoms with E-state index in [4.69, 9.17) is 0 Å². The summed E-state index contributed by atoms with van der Waals surface area (Å²) in [5, 5.41) is 8.73. The van der Waals surface area contributed by atoms with Crippen LogP contribution in [0.1, 0.15) is 27.4 Å². The Morgan fingerprint density at radius 3 is 2.33 bits per heavy atom. The van der Waals surface area contributed by atoms with Crippen LogP contribution in [-0.4, -0.2) is 61.4 Å². The van der Waals surface area contributed by atoms with Crippen molar-refractivity contribution in [1.29, 1.82) is 0 Å². The fourth-order valence-electron chi connectivity index (χ4n) is 3.02. The van der Waals surface area contributed by atoms with Crippen LogP contribution < -0.4 is 0 Å². The maximum Gasteiger partial charge on any atom is 0.275 e. The molecule has 0 aliphatic carbocycles. The van der Waals surface area contributed by atoms with E-state index in [2.05, 4.69) is 37.2 Å². The summed E-state index contributed by atoms with van der Waals surface area (Å²) >= 11 is 3.48. The molecule has 3 rings (SSSR count).